The molecule has 1 fully saturated rings. The Balaban J connectivity index is 0.00000196. The maximum absolute atomic E-state index is 5.60. The predicted octanol–water partition coefficient (Wildman–Crippen LogP) is 2.60. The van der Waals surface area contributed by atoms with Gasteiger partial charge < -0.3 is 14.6 Å². The highest BCUT2D eigenvalue weighted by molar-refractivity contribution is 5.93. The van der Waals surface area contributed by atoms with E-state index in [0.29, 0.717) is 11.7 Å². The number of benzene rings is 1. The van der Waals surface area contributed by atoms with Crippen LogP contribution in [0.3, 0.4) is 0 Å². The van der Waals surface area contributed by atoms with Crippen LogP contribution in [0.1, 0.15) is 17.6 Å². The molecular formula is C18H22ClN5O2. The fourth-order valence-electron chi connectivity index (χ4n) is 3.22. The Morgan fingerprint density at radius 1 is 1.27 bits per heavy atom. The number of nitrogens with one attached hydrogen (secondary N) is 1. The average Bonchev–Trinajstić information content (AvgIpc) is 3.10. The van der Waals surface area contributed by atoms with Gasteiger partial charge in [-0.25, -0.2) is 0 Å². The molecule has 1 N–H and O–H groups in total. The molecule has 0 spiro atoms. The van der Waals surface area contributed by atoms with Gasteiger partial charge in [-0.1, -0.05) is 5.16 Å². The summed E-state index contributed by atoms with van der Waals surface area (Å²) in [6.07, 6.45) is 0. The van der Waals surface area contributed by atoms with Crippen LogP contribution in [0.4, 0.5) is 0 Å². The van der Waals surface area contributed by atoms with Crippen molar-refractivity contribution in [1.29, 1.82) is 0 Å². The molecule has 8 heteroatoms. The van der Waals surface area contributed by atoms with Gasteiger partial charge in [-0.3, -0.25) is 9.88 Å². The zero-order valence-electron chi connectivity index (χ0n) is 15.0. The standard InChI is InChI=1S/C18H21N5O2.ClH/c1-11-8-14(13-9-12(24-3)4-5-15(13)20-11)18-21-17(22-25-18)16-10-19-6-7-23(16)2;/h4-5,8-9,16,19H,6-7,10H2,1-3H3;1H. The molecule has 2 aromatic heterocycles. The molecule has 1 unspecified atom stereocenters. The van der Waals surface area contributed by atoms with Crippen LogP contribution in [-0.2, 0) is 0 Å². The number of methoxy groups -OCH3 is 1. The molecule has 138 valence electrons. The van der Waals surface area contributed by atoms with E-state index in [1.165, 1.54) is 0 Å². The number of pyridine rings is 1. The van der Waals surface area contributed by atoms with E-state index in [1.54, 1.807) is 7.11 Å². The summed E-state index contributed by atoms with van der Waals surface area (Å²) in [5.74, 6) is 1.99. The second-order valence-corrected chi connectivity index (χ2v) is 6.35. The van der Waals surface area contributed by atoms with E-state index in [4.69, 9.17) is 9.26 Å². The molecule has 3 heterocycles. The first-order chi connectivity index (χ1) is 12.2. The number of halogens is 1. The Hall–Kier alpha value is -2.22. The quantitative estimate of drug-likeness (QED) is 0.753. The third-order valence-electron chi connectivity index (χ3n) is 4.63. The molecule has 1 aliphatic rings. The van der Waals surface area contributed by atoms with E-state index in [9.17, 15) is 0 Å². The van der Waals surface area contributed by atoms with Gasteiger partial charge >= 0.3 is 0 Å². The molecule has 7 nitrogen and oxygen atoms in total. The first-order valence-electron chi connectivity index (χ1n) is 8.36. The van der Waals surface area contributed by atoms with Gasteiger partial charge in [0.15, 0.2) is 5.82 Å². The third-order valence-corrected chi connectivity index (χ3v) is 4.63. The number of aryl methyl sites for hydroxylation is 1. The highest BCUT2D eigenvalue weighted by Gasteiger charge is 2.26. The number of aromatic nitrogens is 3. The Labute approximate surface area is 158 Å². The first kappa shape index (κ1) is 18.6. The highest BCUT2D eigenvalue weighted by Crippen LogP contribution is 2.31. The van der Waals surface area contributed by atoms with Crippen LogP contribution in [0.2, 0.25) is 0 Å². The topological polar surface area (TPSA) is 76.3 Å². The van der Waals surface area contributed by atoms with Gasteiger partial charge in [0.05, 0.1) is 24.2 Å². The molecular weight excluding hydrogens is 354 g/mol. The minimum absolute atomic E-state index is 0. The summed E-state index contributed by atoms with van der Waals surface area (Å²) in [6.45, 7) is 4.72. The van der Waals surface area contributed by atoms with Crippen LogP contribution >= 0.6 is 12.4 Å². The van der Waals surface area contributed by atoms with Crippen molar-refractivity contribution in [1.82, 2.24) is 25.3 Å². The molecule has 0 radical (unpaired) electrons. The Morgan fingerprint density at radius 3 is 2.88 bits per heavy atom. The van der Waals surface area contributed by atoms with Gasteiger partial charge in [0.2, 0.25) is 0 Å². The monoisotopic (exact) mass is 375 g/mol. The Bertz CT molecular complexity index is 914. The molecule has 4 rings (SSSR count). The number of nitrogens with zero attached hydrogens (tertiary/aromatic N) is 4. The summed E-state index contributed by atoms with van der Waals surface area (Å²) in [5.41, 5.74) is 2.67. The van der Waals surface area contributed by atoms with Crippen molar-refractivity contribution in [3.63, 3.8) is 0 Å². The third kappa shape index (κ3) is 3.38. The van der Waals surface area contributed by atoms with E-state index in [1.807, 2.05) is 31.2 Å². The zero-order chi connectivity index (χ0) is 17.4. The van der Waals surface area contributed by atoms with E-state index in [0.717, 1.165) is 47.5 Å². The fraction of sp³-hybridized carbons (Fsp3) is 0.389. The molecule has 1 aliphatic heterocycles. The van der Waals surface area contributed by atoms with Crippen molar-refractivity contribution in [2.24, 2.45) is 0 Å². The smallest absolute Gasteiger partial charge is 0.258 e. The second-order valence-electron chi connectivity index (χ2n) is 6.35. The maximum atomic E-state index is 5.60. The van der Waals surface area contributed by atoms with Gasteiger partial charge in [-0.2, -0.15) is 4.98 Å². The van der Waals surface area contributed by atoms with Crippen molar-refractivity contribution in [3.8, 4) is 17.2 Å². The van der Waals surface area contributed by atoms with Gasteiger partial charge in [-0.15, -0.1) is 12.4 Å². The van der Waals surface area contributed by atoms with Crippen LogP contribution < -0.4 is 10.1 Å². The van der Waals surface area contributed by atoms with E-state index < -0.39 is 0 Å². The van der Waals surface area contributed by atoms with Gasteiger partial charge in [0, 0.05) is 30.7 Å². The minimum atomic E-state index is 0. The lowest BCUT2D eigenvalue weighted by Crippen LogP contribution is -2.44. The van der Waals surface area contributed by atoms with Crippen molar-refractivity contribution in [2.45, 2.75) is 13.0 Å². The van der Waals surface area contributed by atoms with E-state index >= 15 is 0 Å². The molecule has 1 atom stereocenters. The van der Waals surface area contributed by atoms with Gasteiger partial charge in [0.1, 0.15) is 5.75 Å². The van der Waals surface area contributed by atoms with Gasteiger partial charge in [-0.05, 0) is 38.2 Å². The predicted molar refractivity (Wildman–Crippen MR) is 102 cm³/mol. The number of likely N-dealkylation sites (N-methyl/N-ethyl adjacent to an activating group) is 1. The largest absolute Gasteiger partial charge is 0.497 e. The van der Waals surface area contributed by atoms with Crippen LogP contribution in [-0.4, -0.2) is 53.8 Å². The molecule has 0 aliphatic carbocycles. The van der Waals surface area contributed by atoms with Crippen molar-refractivity contribution in [3.05, 3.63) is 35.8 Å². The first-order valence-corrected chi connectivity index (χ1v) is 8.36. The molecule has 0 amide bonds. The Kier molecular flexibility index (Phi) is 5.41. The van der Waals surface area contributed by atoms with Gasteiger partial charge in [0.25, 0.3) is 5.89 Å². The van der Waals surface area contributed by atoms with Crippen LogP contribution in [0, 0.1) is 6.92 Å². The summed E-state index contributed by atoms with van der Waals surface area (Å²) >= 11 is 0. The number of fused-ring (bicyclic) bond motifs is 1. The number of hydrogen-bond acceptors (Lipinski definition) is 7. The number of rotatable bonds is 3. The SMILES string of the molecule is COc1ccc2nc(C)cc(-c3nc(C4CNCCN4C)no3)c2c1.Cl. The summed E-state index contributed by atoms with van der Waals surface area (Å²) in [4.78, 5) is 11.5. The molecule has 1 aromatic carbocycles. The molecule has 0 bridgehead atoms. The summed E-state index contributed by atoms with van der Waals surface area (Å²) in [5, 5.41) is 8.54. The van der Waals surface area contributed by atoms with E-state index in [2.05, 4.69) is 32.4 Å². The number of hydrogen-bond donors (Lipinski definition) is 1. The van der Waals surface area contributed by atoms with E-state index in [-0.39, 0.29) is 18.4 Å². The maximum Gasteiger partial charge on any atom is 0.258 e. The summed E-state index contributed by atoms with van der Waals surface area (Å²) in [6, 6.07) is 7.90. The van der Waals surface area contributed by atoms with Crippen molar-refractivity contribution < 1.29 is 9.26 Å². The molecule has 0 saturated carbocycles. The highest BCUT2D eigenvalue weighted by atomic mass is 35.5. The second kappa shape index (κ2) is 7.57. The van der Waals surface area contributed by atoms with Crippen LogP contribution in [0.25, 0.3) is 22.4 Å². The minimum Gasteiger partial charge on any atom is -0.497 e. The average molecular weight is 376 g/mol. The number of piperazine rings is 1. The van der Waals surface area contributed by atoms with Crippen molar-refractivity contribution >= 4 is 23.3 Å². The molecule has 26 heavy (non-hydrogen) atoms. The lowest BCUT2D eigenvalue weighted by Gasteiger charge is -2.30. The van der Waals surface area contributed by atoms with Crippen LogP contribution in [0.15, 0.2) is 28.8 Å². The van der Waals surface area contributed by atoms with Crippen LogP contribution in [0.5, 0.6) is 5.75 Å². The fourth-order valence-corrected chi connectivity index (χ4v) is 3.22. The number of ether oxygens (including phenoxy) is 1. The summed E-state index contributed by atoms with van der Waals surface area (Å²) < 4.78 is 11.0. The summed E-state index contributed by atoms with van der Waals surface area (Å²) in [7, 11) is 3.73. The lowest BCUT2D eigenvalue weighted by molar-refractivity contribution is 0.190. The zero-order valence-corrected chi connectivity index (χ0v) is 15.8. The van der Waals surface area contributed by atoms with Crippen molar-refractivity contribution in [2.75, 3.05) is 33.8 Å². The molecule has 1 saturated heterocycles. The Morgan fingerprint density at radius 2 is 2.12 bits per heavy atom. The lowest BCUT2D eigenvalue weighted by atomic mass is 10.1. The molecule has 3 aromatic rings. The normalized spacial score (nSPS) is 17.9.